The number of nitrogens with zero attached hydrogens (tertiary/aromatic N) is 2. The number of hydrogen-bond donors (Lipinski definition) is 1. The van der Waals surface area contributed by atoms with Gasteiger partial charge in [0.1, 0.15) is 12.4 Å². The Morgan fingerprint density at radius 2 is 1.81 bits per heavy atom. The maximum atomic E-state index is 8.67. The van der Waals surface area contributed by atoms with Crippen LogP contribution in [0.2, 0.25) is 0 Å². The number of aliphatic hydroxyl groups excluding tert-OH is 1. The third kappa shape index (κ3) is 2.12. The molecule has 1 heterocycles. The fraction of sp³-hybridized carbons (Fsp3) is 0.333. The molecule has 0 spiro atoms. The Bertz CT molecular complexity index is 512. The number of benzene rings is 1. The van der Waals surface area contributed by atoms with Crippen LogP contribution in [0.3, 0.4) is 0 Å². The quantitative estimate of drug-likeness (QED) is 0.850. The average molecular weight is 218 g/mol. The lowest BCUT2D eigenvalue weighted by Crippen LogP contribution is -2.02. The van der Waals surface area contributed by atoms with Gasteiger partial charge in [0.2, 0.25) is 0 Å². The molecule has 4 nitrogen and oxygen atoms in total. The molecule has 4 heteroatoms. The van der Waals surface area contributed by atoms with Crippen molar-refractivity contribution in [2.24, 2.45) is 0 Å². The van der Waals surface area contributed by atoms with Gasteiger partial charge in [0.05, 0.1) is 29.0 Å². The van der Waals surface area contributed by atoms with Gasteiger partial charge in [-0.05, 0) is 26.0 Å². The van der Waals surface area contributed by atoms with Crippen LogP contribution in [0.1, 0.15) is 11.4 Å². The second-order valence-electron chi connectivity index (χ2n) is 3.62. The summed E-state index contributed by atoms with van der Waals surface area (Å²) in [4.78, 5) is 8.87. The molecule has 2 rings (SSSR count). The van der Waals surface area contributed by atoms with Gasteiger partial charge in [-0.3, -0.25) is 0 Å². The van der Waals surface area contributed by atoms with E-state index in [1.165, 1.54) is 0 Å². The monoisotopic (exact) mass is 218 g/mol. The minimum atomic E-state index is 0.0106. The van der Waals surface area contributed by atoms with Gasteiger partial charge in [0.15, 0.2) is 0 Å². The van der Waals surface area contributed by atoms with Crippen molar-refractivity contribution in [2.45, 2.75) is 13.8 Å². The van der Waals surface area contributed by atoms with Crippen molar-refractivity contribution in [2.75, 3.05) is 13.2 Å². The van der Waals surface area contributed by atoms with Crippen molar-refractivity contribution in [3.63, 3.8) is 0 Å². The van der Waals surface area contributed by atoms with Gasteiger partial charge in [-0.2, -0.15) is 0 Å². The first-order chi connectivity index (χ1) is 7.70. The van der Waals surface area contributed by atoms with E-state index in [0.717, 1.165) is 22.4 Å². The predicted octanol–water partition coefficient (Wildman–Crippen LogP) is 1.62. The van der Waals surface area contributed by atoms with Crippen LogP contribution in [0, 0.1) is 13.8 Å². The van der Waals surface area contributed by atoms with E-state index >= 15 is 0 Å². The summed E-state index contributed by atoms with van der Waals surface area (Å²) in [7, 11) is 0. The molecular weight excluding hydrogens is 204 g/mol. The molecule has 1 aromatic heterocycles. The molecule has 0 bridgehead atoms. The van der Waals surface area contributed by atoms with Gasteiger partial charge in [0.25, 0.3) is 0 Å². The zero-order valence-electron chi connectivity index (χ0n) is 9.40. The SMILES string of the molecule is Cc1nc2ccc(OCCO)cc2nc1C. The Balaban J connectivity index is 2.41. The lowest BCUT2D eigenvalue weighted by molar-refractivity contribution is 0.201. The molecule has 0 atom stereocenters. The highest BCUT2D eigenvalue weighted by Crippen LogP contribution is 2.19. The highest BCUT2D eigenvalue weighted by atomic mass is 16.5. The molecule has 0 aliphatic carbocycles. The largest absolute Gasteiger partial charge is 0.491 e. The number of ether oxygens (including phenoxy) is 1. The first-order valence-corrected chi connectivity index (χ1v) is 5.19. The van der Waals surface area contributed by atoms with Crippen molar-refractivity contribution >= 4 is 11.0 Å². The summed E-state index contributed by atoms with van der Waals surface area (Å²) in [6.07, 6.45) is 0. The van der Waals surface area contributed by atoms with E-state index in [2.05, 4.69) is 9.97 Å². The number of aliphatic hydroxyl groups is 1. The first-order valence-electron chi connectivity index (χ1n) is 5.19. The van der Waals surface area contributed by atoms with Gasteiger partial charge >= 0.3 is 0 Å². The van der Waals surface area contributed by atoms with Crippen LogP contribution in [0.4, 0.5) is 0 Å². The van der Waals surface area contributed by atoms with E-state index < -0.39 is 0 Å². The molecule has 16 heavy (non-hydrogen) atoms. The fourth-order valence-electron chi connectivity index (χ4n) is 1.46. The lowest BCUT2D eigenvalue weighted by atomic mass is 10.2. The van der Waals surface area contributed by atoms with Crippen LogP contribution < -0.4 is 4.74 Å². The summed E-state index contributed by atoms with van der Waals surface area (Å²) in [5.74, 6) is 0.708. The minimum absolute atomic E-state index is 0.0106. The lowest BCUT2D eigenvalue weighted by Gasteiger charge is -2.06. The Morgan fingerprint density at radius 3 is 2.50 bits per heavy atom. The van der Waals surface area contributed by atoms with Gasteiger partial charge in [-0.25, -0.2) is 9.97 Å². The molecule has 0 aliphatic heterocycles. The highest BCUT2D eigenvalue weighted by Gasteiger charge is 2.02. The average Bonchev–Trinajstić information content (AvgIpc) is 2.28. The van der Waals surface area contributed by atoms with Crippen LogP contribution in [-0.4, -0.2) is 28.3 Å². The van der Waals surface area contributed by atoms with Crippen molar-refractivity contribution < 1.29 is 9.84 Å². The number of hydrogen-bond acceptors (Lipinski definition) is 4. The third-order valence-corrected chi connectivity index (χ3v) is 2.41. The topological polar surface area (TPSA) is 55.2 Å². The maximum Gasteiger partial charge on any atom is 0.121 e. The normalized spacial score (nSPS) is 10.7. The van der Waals surface area contributed by atoms with Gasteiger partial charge in [-0.1, -0.05) is 0 Å². The van der Waals surface area contributed by atoms with E-state index in [0.29, 0.717) is 12.4 Å². The minimum Gasteiger partial charge on any atom is -0.491 e. The van der Waals surface area contributed by atoms with Crippen LogP contribution >= 0.6 is 0 Å². The molecule has 0 saturated carbocycles. The van der Waals surface area contributed by atoms with E-state index in [4.69, 9.17) is 9.84 Å². The zero-order chi connectivity index (χ0) is 11.5. The number of rotatable bonds is 3. The van der Waals surface area contributed by atoms with Crippen LogP contribution in [-0.2, 0) is 0 Å². The van der Waals surface area contributed by atoms with Crippen molar-refractivity contribution in [1.29, 1.82) is 0 Å². The first kappa shape index (κ1) is 10.8. The Hall–Kier alpha value is -1.68. The molecule has 0 amide bonds. The van der Waals surface area contributed by atoms with Gasteiger partial charge in [-0.15, -0.1) is 0 Å². The summed E-state index contributed by atoms with van der Waals surface area (Å²) in [5, 5.41) is 8.67. The third-order valence-electron chi connectivity index (χ3n) is 2.41. The number of aromatic nitrogens is 2. The summed E-state index contributed by atoms with van der Waals surface area (Å²) in [6, 6.07) is 5.55. The number of fused-ring (bicyclic) bond motifs is 1. The molecule has 84 valence electrons. The van der Waals surface area contributed by atoms with Crippen LogP contribution in [0.15, 0.2) is 18.2 Å². The Labute approximate surface area is 93.9 Å². The summed E-state index contributed by atoms with van der Waals surface area (Å²) in [6.45, 7) is 4.18. The Morgan fingerprint density at radius 1 is 1.12 bits per heavy atom. The smallest absolute Gasteiger partial charge is 0.121 e. The van der Waals surface area contributed by atoms with Crippen LogP contribution in [0.25, 0.3) is 11.0 Å². The second-order valence-corrected chi connectivity index (χ2v) is 3.62. The molecule has 0 aliphatic rings. The van der Waals surface area contributed by atoms with Crippen molar-refractivity contribution in [3.8, 4) is 5.75 Å². The molecule has 1 aromatic carbocycles. The highest BCUT2D eigenvalue weighted by molar-refractivity contribution is 5.76. The molecule has 0 saturated heterocycles. The summed E-state index contributed by atoms with van der Waals surface area (Å²) < 4.78 is 5.32. The van der Waals surface area contributed by atoms with Gasteiger partial charge in [0, 0.05) is 6.07 Å². The molecule has 2 aromatic rings. The van der Waals surface area contributed by atoms with Crippen molar-refractivity contribution in [3.05, 3.63) is 29.6 Å². The molecule has 0 radical (unpaired) electrons. The molecule has 1 N–H and O–H groups in total. The van der Waals surface area contributed by atoms with E-state index in [1.54, 1.807) is 0 Å². The molecule has 0 fully saturated rings. The van der Waals surface area contributed by atoms with E-state index in [1.807, 2.05) is 32.0 Å². The van der Waals surface area contributed by atoms with E-state index in [-0.39, 0.29) is 6.61 Å². The van der Waals surface area contributed by atoms with Crippen molar-refractivity contribution in [1.82, 2.24) is 9.97 Å². The summed E-state index contributed by atoms with van der Waals surface area (Å²) in [5.41, 5.74) is 3.54. The Kier molecular flexibility index (Phi) is 3.01. The van der Waals surface area contributed by atoms with Crippen LogP contribution in [0.5, 0.6) is 5.75 Å². The second kappa shape index (κ2) is 4.45. The fourth-order valence-corrected chi connectivity index (χ4v) is 1.46. The zero-order valence-corrected chi connectivity index (χ0v) is 9.40. The maximum absolute atomic E-state index is 8.67. The number of aryl methyl sites for hydroxylation is 2. The standard InChI is InChI=1S/C12H14N2O2/c1-8-9(2)14-12-7-10(16-6-5-15)3-4-11(12)13-8/h3-4,7,15H,5-6H2,1-2H3. The summed E-state index contributed by atoms with van der Waals surface area (Å²) >= 11 is 0. The molecule has 0 unspecified atom stereocenters. The van der Waals surface area contributed by atoms with Gasteiger partial charge < -0.3 is 9.84 Å². The predicted molar refractivity (Wildman–Crippen MR) is 61.6 cm³/mol. The molecular formula is C12H14N2O2. The van der Waals surface area contributed by atoms with E-state index in [9.17, 15) is 0 Å².